The van der Waals surface area contributed by atoms with Crippen molar-refractivity contribution in [2.45, 2.75) is 13.5 Å². The lowest BCUT2D eigenvalue weighted by Gasteiger charge is -2.25. The first-order valence-corrected chi connectivity index (χ1v) is 5.99. The third-order valence-electron chi connectivity index (χ3n) is 2.83. The quantitative estimate of drug-likeness (QED) is 0.796. The number of hydrogen-bond donors (Lipinski definition) is 2. The summed E-state index contributed by atoms with van der Waals surface area (Å²) < 4.78 is 5.41. The van der Waals surface area contributed by atoms with Crippen molar-refractivity contribution in [3.05, 3.63) is 29.8 Å². The van der Waals surface area contributed by atoms with Crippen molar-refractivity contribution < 1.29 is 9.53 Å². The van der Waals surface area contributed by atoms with Crippen LogP contribution in [0.5, 0.6) is 5.75 Å². The molecule has 1 aliphatic heterocycles. The van der Waals surface area contributed by atoms with E-state index in [1.807, 2.05) is 31.2 Å². The second-order valence-corrected chi connectivity index (χ2v) is 4.15. The second kappa shape index (κ2) is 5.68. The molecule has 0 unspecified atom stereocenters. The Kier molecular flexibility index (Phi) is 3.98. The van der Waals surface area contributed by atoms with E-state index in [0.29, 0.717) is 13.2 Å². The predicted molar refractivity (Wildman–Crippen MR) is 65.8 cm³/mol. The molecule has 4 nitrogen and oxygen atoms in total. The molecule has 1 aromatic rings. The molecule has 4 heteroatoms. The minimum atomic E-state index is 0.130. The third-order valence-corrected chi connectivity index (χ3v) is 2.83. The molecule has 1 fully saturated rings. The summed E-state index contributed by atoms with van der Waals surface area (Å²) in [5.41, 5.74) is 1.07. The lowest BCUT2D eigenvalue weighted by atomic mass is 10.0. The summed E-state index contributed by atoms with van der Waals surface area (Å²) in [5, 5.41) is 6.02. The normalized spacial score (nSPS) is 15.1. The van der Waals surface area contributed by atoms with Gasteiger partial charge in [0.2, 0.25) is 5.91 Å². The molecule has 1 aliphatic rings. The highest BCUT2D eigenvalue weighted by Crippen LogP contribution is 2.13. The van der Waals surface area contributed by atoms with E-state index < -0.39 is 0 Å². The standard InChI is InChI=1S/C13H18N2O2/c1-2-17-12-5-3-4-10(6-12)7-15-13(16)11-8-14-9-11/h3-6,11,14H,2,7-9H2,1H3,(H,15,16). The zero-order valence-corrected chi connectivity index (χ0v) is 10.0. The van der Waals surface area contributed by atoms with Gasteiger partial charge in [-0.25, -0.2) is 0 Å². The van der Waals surface area contributed by atoms with Crippen molar-refractivity contribution >= 4 is 5.91 Å². The zero-order chi connectivity index (χ0) is 12.1. The van der Waals surface area contributed by atoms with Gasteiger partial charge in [-0.2, -0.15) is 0 Å². The Morgan fingerprint density at radius 2 is 2.35 bits per heavy atom. The number of hydrogen-bond acceptors (Lipinski definition) is 3. The molecule has 0 aliphatic carbocycles. The SMILES string of the molecule is CCOc1cccc(CNC(=O)C2CNC2)c1. The van der Waals surface area contributed by atoms with Crippen LogP contribution in [0.3, 0.4) is 0 Å². The van der Waals surface area contributed by atoms with Crippen LogP contribution in [0.2, 0.25) is 0 Å². The predicted octanol–water partition coefficient (Wildman–Crippen LogP) is 0.921. The number of carbonyl (C=O) groups excluding carboxylic acids is 1. The Morgan fingerprint density at radius 3 is 3.00 bits per heavy atom. The van der Waals surface area contributed by atoms with E-state index in [9.17, 15) is 4.79 Å². The van der Waals surface area contributed by atoms with Gasteiger partial charge >= 0.3 is 0 Å². The van der Waals surface area contributed by atoms with E-state index in [4.69, 9.17) is 4.74 Å². The molecule has 17 heavy (non-hydrogen) atoms. The Labute approximate surface area is 101 Å². The van der Waals surface area contributed by atoms with Crippen LogP contribution in [0.15, 0.2) is 24.3 Å². The number of amides is 1. The van der Waals surface area contributed by atoms with E-state index >= 15 is 0 Å². The van der Waals surface area contributed by atoms with Crippen LogP contribution in [0.1, 0.15) is 12.5 Å². The molecule has 1 aromatic carbocycles. The number of benzene rings is 1. The molecule has 0 saturated carbocycles. The average molecular weight is 234 g/mol. The van der Waals surface area contributed by atoms with Gasteiger partial charge < -0.3 is 15.4 Å². The van der Waals surface area contributed by atoms with Crippen LogP contribution in [-0.4, -0.2) is 25.6 Å². The van der Waals surface area contributed by atoms with E-state index in [1.165, 1.54) is 0 Å². The minimum Gasteiger partial charge on any atom is -0.494 e. The molecule has 1 amide bonds. The molecule has 1 heterocycles. The molecule has 0 bridgehead atoms. The number of rotatable bonds is 5. The summed E-state index contributed by atoms with van der Waals surface area (Å²) in [5.74, 6) is 1.13. The van der Waals surface area contributed by atoms with Gasteiger partial charge in [-0.05, 0) is 24.6 Å². The van der Waals surface area contributed by atoms with Crippen molar-refractivity contribution in [1.29, 1.82) is 0 Å². The molecule has 2 rings (SSSR count). The molecule has 2 N–H and O–H groups in total. The topological polar surface area (TPSA) is 50.4 Å². The summed E-state index contributed by atoms with van der Waals surface area (Å²) in [7, 11) is 0. The van der Waals surface area contributed by atoms with Crippen molar-refractivity contribution in [3.63, 3.8) is 0 Å². The smallest absolute Gasteiger partial charge is 0.225 e. The third kappa shape index (κ3) is 3.20. The fraction of sp³-hybridized carbons (Fsp3) is 0.462. The highest BCUT2D eigenvalue weighted by molar-refractivity contribution is 5.79. The summed E-state index contributed by atoms with van der Waals surface area (Å²) in [6.07, 6.45) is 0. The molecule has 0 atom stereocenters. The van der Waals surface area contributed by atoms with E-state index in [1.54, 1.807) is 0 Å². The van der Waals surface area contributed by atoms with E-state index in [0.717, 1.165) is 24.4 Å². The molecule has 0 spiro atoms. The van der Waals surface area contributed by atoms with Gasteiger partial charge in [0.25, 0.3) is 0 Å². The monoisotopic (exact) mass is 234 g/mol. The molecular formula is C13H18N2O2. The number of ether oxygens (including phenoxy) is 1. The summed E-state index contributed by atoms with van der Waals surface area (Å²) >= 11 is 0. The Morgan fingerprint density at radius 1 is 1.53 bits per heavy atom. The van der Waals surface area contributed by atoms with Crippen LogP contribution in [0.4, 0.5) is 0 Å². The minimum absolute atomic E-state index is 0.130. The van der Waals surface area contributed by atoms with Gasteiger partial charge in [0.1, 0.15) is 5.75 Å². The van der Waals surface area contributed by atoms with E-state index in [2.05, 4.69) is 10.6 Å². The van der Waals surface area contributed by atoms with Crippen LogP contribution < -0.4 is 15.4 Å². The lowest BCUT2D eigenvalue weighted by Crippen LogP contribution is -2.50. The van der Waals surface area contributed by atoms with Crippen LogP contribution >= 0.6 is 0 Å². The first kappa shape index (κ1) is 11.9. The highest BCUT2D eigenvalue weighted by atomic mass is 16.5. The average Bonchev–Trinajstić information content (AvgIpc) is 2.25. The molecule has 0 radical (unpaired) electrons. The number of carbonyl (C=O) groups is 1. The maximum atomic E-state index is 11.6. The number of nitrogens with one attached hydrogen (secondary N) is 2. The van der Waals surface area contributed by atoms with Crippen molar-refractivity contribution in [1.82, 2.24) is 10.6 Å². The van der Waals surface area contributed by atoms with Crippen molar-refractivity contribution in [3.8, 4) is 5.75 Å². The molecule has 1 saturated heterocycles. The van der Waals surface area contributed by atoms with Gasteiger partial charge in [0, 0.05) is 19.6 Å². The fourth-order valence-electron chi connectivity index (χ4n) is 1.72. The second-order valence-electron chi connectivity index (χ2n) is 4.15. The first-order chi connectivity index (χ1) is 8.29. The van der Waals surface area contributed by atoms with Gasteiger partial charge in [-0.15, -0.1) is 0 Å². The summed E-state index contributed by atoms with van der Waals surface area (Å²) in [4.78, 5) is 11.6. The molecule has 0 aromatic heterocycles. The fourth-order valence-corrected chi connectivity index (χ4v) is 1.72. The Hall–Kier alpha value is -1.55. The highest BCUT2D eigenvalue weighted by Gasteiger charge is 2.24. The van der Waals surface area contributed by atoms with Gasteiger partial charge in [-0.1, -0.05) is 12.1 Å². The van der Waals surface area contributed by atoms with E-state index in [-0.39, 0.29) is 11.8 Å². The van der Waals surface area contributed by atoms with Crippen molar-refractivity contribution in [2.75, 3.05) is 19.7 Å². The Balaban J connectivity index is 1.85. The van der Waals surface area contributed by atoms with Crippen LogP contribution in [0, 0.1) is 5.92 Å². The Bertz CT molecular complexity index is 389. The molecular weight excluding hydrogens is 216 g/mol. The largest absolute Gasteiger partial charge is 0.494 e. The molecule has 92 valence electrons. The summed E-state index contributed by atoms with van der Waals surface area (Å²) in [6, 6.07) is 7.81. The van der Waals surface area contributed by atoms with Crippen LogP contribution in [-0.2, 0) is 11.3 Å². The van der Waals surface area contributed by atoms with Crippen molar-refractivity contribution in [2.24, 2.45) is 5.92 Å². The lowest BCUT2D eigenvalue weighted by molar-refractivity contribution is -0.126. The van der Waals surface area contributed by atoms with Gasteiger partial charge in [-0.3, -0.25) is 4.79 Å². The first-order valence-electron chi connectivity index (χ1n) is 5.99. The van der Waals surface area contributed by atoms with Gasteiger partial charge in [0.15, 0.2) is 0 Å². The maximum Gasteiger partial charge on any atom is 0.225 e. The van der Waals surface area contributed by atoms with Gasteiger partial charge in [0.05, 0.1) is 12.5 Å². The van der Waals surface area contributed by atoms with Crippen LogP contribution in [0.25, 0.3) is 0 Å². The summed E-state index contributed by atoms with van der Waals surface area (Å²) in [6.45, 7) is 4.77. The maximum absolute atomic E-state index is 11.6. The zero-order valence-electron chi connectivity index (χ0n) is 10.0.